The number of nitrogens with zero attached hydrogens (tertiary/aromatic N) is 4. The van der Waals surface area contributed by atoms with E-state index in [9.17, 15) is 0 Å². The summed E-state index contributed by atoms with van der Waals surface area (Å²) in [6.07, 6.45) is 0.845. The Hall–Kier alpha value is -1.52. The van der Waals surface area contributed by atoms with Gasteiger partial charge in [0.1, 0.15) is 0 Å². The van der Waals surface area contributed by atoms with Gasteiger partial charge in [-0.05, 0) is 29.6 Å². The summed E-state index contributed by atoms with van der Waals surface area (Å²) >= 11 is 0. The molecule has 2 aromatic heterocycles. The highest BCUT2D eigenvalue weighted by Crippen LogP contribution is 2.16. The van der Waals surface area contributed by atoms with E-state index in [0.29, 0.717) is 5.92 Å². The average Bonchev–Trinajstić information content (AvgIpc) is 2.58. The lowest BCUT2D eigenvalue weighted by Crippen LogP contribution is -2.01. The monoisotopic (exact) mass is 192 g/mol. The van der Waals surface area contributed by atoms with Crippen molar-refractivity contribution in [2.45, 2.75) is 27.2 Å². The maximum atomic E-state index is 4.69. The van der Waals surface area contributed by atoms with E-state index in [2.05, 4.69) is 39.0 Å². The number of hydrogen-bond donors (Lipinski definition) is 0. The van der Waals surface area contributed by atoms with Crippen LogP contribution in [0.25, 0.3) is 11.0 Å². The van der Waals surface area contributed by atoms with E-state index in [4.69, 9.17) is 0 Å². The predicted octanol–water partition coefficient (Wildman–Crippen LogP) is 1.52. The zero-order chi connectivity index (χ0) is 10.1. The van der Waals surface area contributed by atoms with Crippen molar-refractivity contribution in [2.75, 3.05) is 0 Å². The molecule has 2 rings (SSSR count). The van der Waals surface area contributed by atoms with Crippen molar-refractivity contribution >= 4 is 11.0 Å². The van der Waals surface area contributed by atoms with Crippen LogP contribution in [0, 0.1) is 12.8 Å². The summed E-state index contributed by atoms with van der Waals surface area (Å²) in [5.74, 6) is 0.520. The first-order valence-electron chi connectivity index (χ1n) is 4.63. The molecule has 0 unspecified atom stereocenters. The molecule has 0 aliphatic rings. The van der Waals surface area contributed by atoms with E-state index >= 15 is 0 Å². The van der Waals surface area contributed by atoms with Gasteiger partial charge in [0.2, 0.25) is 0 Å². The number of fused-ring (bicyclic) bond motifs is 1. The van der Waals surface area contributed by atoms with E-state index in [1.165, 1.54) is 0 Å². The van der Waals surface area contributed by atoms with Crippen LogP contribution in [0.15, 0.2) is 4.63 Å². The van der Waals surface area contributed by atoms with Crippen molar-refractivity contribution in [2.24, 2.45) is 5.92 Å². The summed E-state index contributed by atoms with van der Waals surface area (Å²) in [5.41, 5.74) is 3.08. The summed E-state index contributed by atoms with van der Waals surface area (Å²) in [6.45, 7) is 6.10. The number of hydrogen-bond acceptors (Lipinski definition) is 5. The van der Waals surface area contributed by atoms with Crippen molar-refractivity contribution in [3.8, 4) is 0 Å². The van der Waals surface area contributed by atoms with Crippen LogP contribution in [0.5, 0.6) is 0 Å². The zero-order valence-electron chi connectivity index (χ0n) is 8.48. The van der Waals surface area contributed by atoms with Gasteiger partial charge in [-0.25, -0.2) is 4.63 Å². The molecule has 5 heteroatoms. The Morgan fingerprint density at radius 1 is 1.14 bits per heavy atom. The average molecular weight is 192 g/mol. The van der Waals surface area contributed by atoms with Gasteiger partial charge in [-0.3, -0.25) is 0 Å². The normalized spacial score (nSPS) is 11.4. The molecule has 0 bridgehead atoms. The maximum absolute atomic E-state index is 4.69. The molecule has 2 heterocycles. The fraction of sp³-hybridized carbons (Fsp3) is 0.556. The predicted molar refractivity (Wildman–Crippen MR) is 50.7 cm³/mol. The van der Waals surface area contributed by atoms with Crippen molar-refractivity contribution in [1.82, 2.24) is 20.5 Å². The van der Waals surface area contributed by atoms with Gasteiger partial charge in [0, 0.05) is 0 Å². The van der Waals surface area contributed by atoms with Gasteiger partial charge in [0.25, 0.3) is 0 Å². The molecule has 14 heavy (non-hydrogen) atoms. The SMILES string of the molecule is Cc1nnc(CC(C)C)c2nonc12. The molecule has 0 fully saturated rings. The first-order valence-corrected chi connectivity index (χ1v) is 4.63. The van der Waals surface area contributed by atoms with Crippen LogP contribution in [0.2, 0.25) is 0 Å². The molecule has 0 aliphatic carbocycles. The minimum atomic E-state index is 0.520. The lowest BCUT2D eigenvalue weighted by molar-refractivity contribution is 0.315. The molecular weight excluding hydrogens is 180 g/mol. The van der Waals surface area contributed by atoms with Crippen molar-refractivity contribution in [3.63, 3.8) is 0 Å². The first-order chi connectivity index (χ1) is 6.68. The molecular formula is C9H12N4O. The second-order valence-corrected chi connectivity index (χ2v) is 3.79. The third-order valence-corrected chi connectivity index (χ3v) is 2.03. The van der Waals surface area contributed by atoms with Crippen molar-refractivity contribution < 1.29 is 4.63 Å². The Morgan fingerprint density at radius 2 is 1.86 bits per heavy atom. The van der Waals surface area contributed by atoms with Gasteiger partial charge in [0.05, 0.1) is 11.4 Å². The van der Waals surface area contributed by atoms with Gasteiger partial charge in [-0.1, -0.05) is 13.8 Å². The van der Waals surface area contributed by atoms with E-state index in [1.807, 2.05) is 6.92 Å². The van der Waals surface area contributed by atoms with E-state index in [0.717, 1.165) is 28.8 Å². The van der Waals surface area contributed by atoms with Gasteiger partial charge in [0.15, 0.2) is 11.0 Å². The fourth-order valence-corrected chi connectivity index (χ4v) is 1.37. The van der Waals surface area contributed by atoms with Crippen molar-refractivity contribution in [1.29, 1.82) is 0 Å². The summed E-state index contributed by atoms with van der Waals surface area (Å²) in [7, 11) is 0. The summed E-state index contributed by atoms with van der Waals surface area (Å²) in [4.78, 5) is 0. The Balaban J connectivity index is 2.55. The molecule has 0 saturated carbocycles. The Bertz CT molecular complexity index is 449. The van der Waals surface area contributed by atoms with E-state index < -0.39 is 0 Å². The van der Waals surface area contributed by atoms with Crippen molar-refractivity contribution in [3.05, 3.63) is 11.4 Å². The largest absolute Gasteiger partial charge is 0.243 e. The molecule has 74 valence electrons. The van der Waals surface area contributed by atoms with Gasteiger partial charge in [-0.15, -0.1) is 0 Å². The Morgan fingerprint density at radius 3 is 2.57 bits per heavy atom. The van der Waals surface area contributed by atoms with Crippen LogP contribution in [0.1, 0.15) is 25.2 Å². The molecule has 0 atom stereocenters. The second kappa shape index (κ2) is 3.32. The lowest BCUT2D eigenvalue weighted by Gasteiger charge is -2.02. The summed E-state index contributed by atoms with van der Waals surface area (Å²) in [5, 5.41) is 15.8. The highest BCUT2D eigenvalue weighted by molar-refractivity contribution is 5.77. The standard InChI is InChI=1S/C9H12N4O/c1-5(2)4-7-9-8(12-14-13-9)6(3)10-11-7/h5H,4H2,1-3H3. The van der Waals surface area contributed by atoms with E-state index in [1.54, 1.807) is 0 Å². The topological polar surface area (TPSA) is 64.7 Å². The molecule has 0 spiro atoms. The third kappa shape index (κ3) is 1.45. The minimum Gasteiger partial charge on any atom is -0.243 e. The highest BCUT2D eigenvalue weighted by atomic mass is 16.6. The van der Waals surface area contributed by atoms with Gasteiger partial charge < -0.3 is 0 Å². The van der Waals surface area contributed by atoms with Crippen LogP contribution in [-0.2, 0) is 6.42 Å². The van der Waals surface area contributed by atoms with Crippen LogP contribution in [0.4, 0.5) is 0 Å². The maximum Gasteiger partial charge on any atom is 0.160 e. The van der Waals surface area contributed by atoms with Gasteiger partial charge in [-0.2, -0.15) is 10.2 Å². The fourth-order valence-electron chi connectivity index (χ4n) is 1.37. The Labute approximate surface area is 81.5 Å². The molecule has 0 aromatic carbocycles. The van der Waals surface area contributed by atoms with Crippen LogP contribution < -0.4 is 0 Å². The first kappa shape index (κ1) is 9.05. The highest BCUT2D eigenvalue weighted by Gasteiger charge is 2.12. The molecule has 2 aromatic rings. The summed E-state index contributed by atoms with van der Waals surface area (Å²) in [6, 6.07) is 0. The van der Waals surface area contributed by atoms with Crippen LogP contribution in [-0.4, -0.2) is 20.5 Å². The molecule has 0 aliphatic heterocycles. The number of rotatable bonds is 2. The smallest absolute Gasteiger partial charge is 0.160 e. The minimum absolute atomic E-state index is 0.520. The molecule has 5 nitrogen and oxygen atoms in total. The number of aryl methyl sites for hydroxylation is 1. The number of aromatic nitrogens is 4. The molecule has 0 radical (unpaired) electrons. The van der Waals surface area contributed by atoms with Gasteiger partial charge >= 0.3 is 0 Å². The molecule has 0 amide bonds. The second-order valence-electron chi connectivity index (χ2n) is 3.79. The zero-order valence-corrected chi connectivity index (χ0v) is 8.48. The Kier molecular flexibility index (Phi) is 2.15. The third-order valence-electron chi connectivity index (χ3n) is 2.03. The lowest BCUT2D eigenvalue weighted by atomic mass is 10.1. The van der Waals surface area contributed by atoms with E-state index in [-0.39, 0.29) is 0 Å². The summed E-state index contributed by atoms with van der Waals surface area (Å²) < 4.78 is 4.69. The molecule has 0 N–H and O–H groups in total. The van der Waals surface area contributed by atoms with Crippen LogP contribution in [0.3, 0.4) is 0 Å². The van der Waals surface area contributed by atoms with Crippen LogP contribution >= 0.6 is 0 Å². The quantitative estimate of drug-likeness (QED) is 0.721. The molecule has 0 saturated heterocycles.